The quantitative estimate of drug-likeness (QED) is 0.706. The largest absolute Gasteiger partial charge is 0.507 e. The monoisotopic (exact) mass is 225 g/mol. The third-order valence-electron chi connectivity index (χ3n) is 2.45. The number of rotatable bonds is 5. The van der Waals surface area contributed by atoms with E-state index >= 15 is 0 Å². The van der Waals surface area contributed by atoms with Crippen LogP contribution >= 0.6 is 0 Å². The third kappa shape index (κ3) is 3.40. The third-order valence-corrected chi connectivity index (χ3v) is 2.45. The molecule has 0 bridgehead atoms. The summed E-state index contributed by atoms with van der Waals surface area (Å²) in [5.41, 5.74) is 0.425. The van der Waals surface area contributed by atoms with Gasteiger partial charge in [0, 0.05) is 23.7 Å². The molecule has 0 atom stereocenters. The average molecular weight is 225 g/mol. The molecule has 4 nitrogen and oxygen atoms in total. The number of hydrogen-bond acceptors (Lipinski definition) is 4. The Kier molecular flexibility index (Phi) is 4.15. The van der Waals surface area contributed by atoms with Gasteiger partial charge in [0.1, 0.15) is 11.5 Å². The number of hydrogen-bond donors (Lipinski definition) is 3. The summed E-state index contributed by atoms with van der Waals surface area (Å²) in [5, 5.41) is 21.9. The first-order valence-electron chi connectivity index (χ1n) is 5.20. The molecule has 0 aliphatic carbocycles. The van der Waals surface area contributed by atoms with Crippen LogP contribution in [-0.2, 0) is 6.54 Å². The Balaban J connectivity index is 2.68. The van der Waals surface area contributed by atoms with Gasteiger partial charge in [-0.15, -0.1) is 0 Å². The van der Waals surface area contributed by atoms with Crippen LogP contribution in [0, 0.1) is 0 Å². The molecule has 0 radical (unpaired) electrons. The van der Waals surface area contributed by atoms with Crippen LogP contribution < -0.4 is 10.1 Å². The zero-order chi connectivity index (χ0) is 12.2. The molecular weight excluding hydrogens is 206 g/mol. The topological polar surface area (TPSA) is 61.7 Å². The van der Waals surface area contributed by atoms with Crippen molar-refractivity contribution in [2.45, 2.75) is 25.9 Å². The van der Waals surface area contributed by atoms with Crippen molar-refractivity contribution in [2.24, 2.45) is 0 Å². The van der Waals surface area contributed by atoms with Gasteiger partial charge < -0.3 is 20.3 Å². The molecule has 0 aliphatic rings. The standard InChI is InChI=1S/C12H19NO3/c1-12(2,8-14)13-7-9-4-5-10(16-3)6-11(9)15/h4-6,13-15H,7-8H2,1-3H3. The van der Waals surface area contributed by atoms with E-state index in [-0.39, 0.29) is 17.9 Å². The van der Waals surface area contributed by atoms with Gasteiger partial charge in [-0.25, -0.2) is 0 Å². The highest BCUT2D eigenvalue weighted by Crippen LogP contribution is 2.23. The second-order valence-corrected chi connectivity index (χ2v) is 4.39. The van der Waals surface area contributed by atoms with Gasteiger partial charge in [0.15, 0.2) is 0 Å². The number of benzene rings is 1. The summed E-state index contributed by atoms with van der Waals surface area (Å²) in [6, 6.07) is 5.17. The Hall–Kier alpha value is -1.26. The number of phenolic OH excluding ortho intramolecular Hbond substituents is 1. The highest BCUT2D eigenvalue weighted by atomic mass is 16.5. The van der Waals surface area contributed by atoms with Crippen LogP contribution in [0.1, 0.15) is 19.4 Å². The van der Waals surface area contributed by atoms with Gasteiger partial charge >= 0.3 is 0 Å². The molecule has 1 aromatic carbocycles. The van der Waals surface area contributed by atoms with Crippen molar-refractivity contribution in [3.8, 4) is 11.5 Å². The maximum Gasteiger partial charge on any atom is 0.123 e. The van der Waals surface area contributed by atoms with Crippen LogP contribution in [0.4, 0.5) is 0 Å². The molecule has 4 heteroatoms. The van der Waals surface area contributed by atoms with Gasteiger partial charge in [0.2, 0.25) is 0 Å². The van der Waals surface area contributed by atoms with Crippen molar-refractivity contribution in [2.75, 3.05) is 13.7 Å². The van der Waals surface area contributed by atoms with E-state index in [0.29, 0.717) is 12.3 Å². The Morgan fingerprint density at radius 2 is 2.06 bits per heavy atom. The molecule has 1 rings (SSSR count). The van der Waals surface area contributed by atoms with Crippen molar-refractivity contribution in [3.63, 3.8) is 0 Å². The van der Waals surface area contributed by atoms with Crippen molar-refractivity contribution in [1.29, 1.82) is 0 Å². The molecule has 0 spiro atoms. The minimum atomic E-state index is -0.355. The Morgan fingerprint density at radius 3 is 2.56 bits per heavy atom. The first-order chi connectivity index (χ1) is 7.48. The smallest absolute Gasteiger partial charge is 0.123 e. The van der Waals surface area contributed by atoms with Crippen LogP contribution in [0.3, 0.4) is 0 Å². The summed E-state index contributed by atoms with van der Waals surface area (Å²) in [7, 11) is 1.56. The average Bonchev–Trinajstić information content (AvgIpc) is 2.27. The van der Waals surface area contributed by atoms with E-state index in [2.05, 4.69) is 5.32 Å². The van der Waals surface area contributed by atoms with Crippen LogP contribution in [-0.4, -0.2) is 29.5 Å². The lowest BCUT2D eigenvalue weighted by Gasteiger charge is -2.23. The number of nitrogens with one attached hydrogen (secondary N) is 1. The highest BCUT2D eigenvalue weighted by Gasteiger charge is 2.15. The van der Waals surface area contributed by atoms with Crippen molar-refractivity contribution < 1.29 is 14.9 Å². The summed E-state index contributed by atoms with van der Waals surface area (Å²) in [4.78, 5) is 0. The lowest BCUT2D eigenvalue weighted by atomic mass is 10.1. The Bertz CT molecular complexity index is 350. The Labute approximate surface area is 95.9 Å². The summed E-state index contributed by atoms with van der Waals surface area (Å²) in [5.74, 6) is 0.822. The SMILES string of the molecule is COc1ccc(CNC(C)(C)CO)c(O)c1. The van der Waals surface area contributed by atoms with E-state index in [1.807, 2.05) is 13.8 Å². The highest BCUT2D eigenvalue weighted by molar-refractivity contribution is 5.39. The molecule has 0 aliphatic heterocycles. The van der Waals surface area contributed by atoms with E-state index in [4.69, 9.17) is 9.84 Å². The summed E-state index contributed by atoms with van der Waals surface area (Å²) >= 11 is 0. The normalized spacial score (nSPS) is 11.5. The predicted molar refractivity (Wildman–Crippen MR) is 62.7 cm³/mol. The van der Waals surface area contributed by atoms with E-state index in [0.717, 1.165) is 5.56 Å². The maximum atomic E-state index is 9.71. The lowest BCUT2D eigenvalue weighted by molar-refractivity contribution is 0.187. The molecular formula is C12H19NO3. The zero-order valence-corrected chi connectivity index (χ0v) is 9.95. The number of phenols is 1. The molecule has 3 N–H and O–H groups in total. The van der Waals surface area contributed by atoms with Crippen molar-refractivity contribution in [3.05, 3.63) is 23.8 Å². The molecule has 0 fully saturated rings. The summed E-state index contributed by atoms with van der Waals surface area (Å²) in [6.45, 7) is 4.34. The van der Waals surface area contributed by atoms with Crippen LogP contribution in [0.15, 0.2) is 18.2 Å². The van der Waals surface area contributed by atoms with Crippen molar-refractivity contribution in [1.82, 2.24) is 5.32 Å². The Morgan fingerprint density at radius 1 is 1.38 bits per heavy atom. The first kappa shape index (κ1) is 12.8. The van der Waals surface area contributed by atoms with E-state index < -0.39 is 0 Å². The van der Waals surface area contributed by atoms with Crippen LogP contribution in [0.25, 0.3) is 0 Å². The molecule has 0 saturated carbocycles. The number of aliphatic hydroxyl groups excluding tert-OH is 1. The van der Waals surface area contributed by atoms with E-state index in [1.54, 1.807) is 25.3 Å². The van der Waals surface area contributed by atoms with Gasteiger partial charge in [0.25, 0.3) is 0 Å². The molecule has 0 amide bonds. The molecule has 90 valence electrons. The minimum Gasteiger partial charge on any atom is -0.507 e. The molecule has 0 heterocycles. The number of ether oxygens (including phenoxy) is 1. The van der Waals surface area contributed by atoms with Crippen molar-refractivity contribution >= 4 is 0 Å². The van der Waals surface area contributed by atoms with Crippen LogP contribution in [0.2, 0.25) is 0 Å². The molecule has 1 aromatic rings. The van der Waals surface area contributed by atoms with Gasteiger partial charge in [-0.2, -0.15) is 0 Å². The lowest BCUT2D eigenvalue weighted by Crippen LogP contribution is -2.42. The van der Waals surface area contributed by atoms with E-state index in [1.165, 1.54) is 0 Å². The minimum absolute atomic E-state index is 0.0456. The fraction of sp³-hybridized carbons (Fsp3) is 0.500. The second kappa shape index (κ2) is 5.18. The van der Waals surface area contributed by atoms with Gasteiger partial charge in [0.05, 0.1) is 13.7 Å². The number of methoxy groups -OCH3 is 1. The molecule has 16 heavy (non-hydrogen) atoms. The van der Waals surface area contributed by atoms with Gasteiger partial charge in [-0.3, -0.25) is 0 Å². The predicted octanol–water partition coefficient (Wildman–Crippen LogP) is 1.26. The number of aromatic hydroxyl groups is 1. The van der Waals surface area contributed by atoms with Crippen LogP contribution in [0.5, 0.6) is 11.5 Å². The van der Waals surface area contributed by atoms with Gasteiger partial charge in [-0.05, 0) is 19.9 Å². The first-order valence-corrected chi connectivity index (χ1v) is 5.20. The van der Waals surface area contributed by atoms with Gasteiger partial charge in [-0.1, -0.05) is 6.07 Å². The molecule has 0 unspecified atom stereocenters. The molecule has 0 aromatic heterocycles. The van der Waals surface area contributed by atoms with E-state index in [9.17, 15) is 5.11 Å². The summed E-state index contributed by atoms with van der Waals surface area (Å²) in [6.07, 6.45) is 0. The molecule has 0 saturated heterocycles. The maximum absolute atomic E-state index is 9.71. The zero-order valence-electron chi connectivity index (χ0n) is 9.95. The fourth-order valence-corrected chi connectivity index (χ4v) is 1.21. The summed E-state index contributed by atoms with van der Waals surface area (Å²) < 4.78 is 5.00. The second-order valence-electron chi connectivity index (χ2n) is 4.39. The number of aliphatic hydroxyl groups is 1. The fourth-order valence-electron chi connectivity index (χ4n) is 1.21.